The summed E-state index contributed by atoms with van der Waals surface area (Å²) >= 11 is 0. The molecule has 0 fully saturated rings. The second kappa shape index (κ2) is 5.35. The molecule has 2 N–H and O–H groups in total. The molecule has 4 nitrogen and oxygen atoms in total. The number of nitrogen functional groups attached to an aromatic ring is 1. The van der Waals surface area contributed by atoms with Crippen LogP contribution >= 0.6 is 0 Å². The molecule has 2 aromatic rings. The third kappa shape index (κ3) is 2.79. The number of rotatable bonds is 4. The fourth-order valence-electron chi connectivity index (χ4n) is 1.79. The summed E-state index contributed by atoms with van der Waals surface area (Å²) in [4.78, 5) is 5.05. The monoisotopic (exact) mass is 263 g/mol. The minimum Gasteiger partial charge on any atom is -0.399 e. The lowest BCUT2D eigenvalue weighted by atomic mass is 10.2. The molecule has 0 amide bonds. The molecule has 0 aliphatic rings. The standard InChI is InChI=1S/C13H17N3OS/c1-10-3-4-11(14)9-12(10)18(17)8-5-13-15-6-7-16(13)2/h3-4,6-7,9H,5,8,14H2,1-2H3. The molecule has 0 spiro atoms. The first-order valence-electron chi connectivity index (χ1n) is 5.78. The number of aryl methyl sites for hydroxylation is 3. The lowest BCUT2D eigenvalue weighted by Gasteiger charge is -2.07. The van der Waals surface area contributed by atoms with Gasteiger partial charge in [0, 0.05) is 42.2 Å². The molecule has 18 heavy (non-hydrogen) atoms. The van der Waals surface area contributed by atoms with E-state index in [0.717, 1.165) is 16.3 Å². The maximum Gasteiger partial charge on any atom is 0.109 e. The summed E-state index contributed by atoms with van der Waals surface area (Å²) in [5, 5.41) is 0. The Labute approximate surface area is 109 Å². The first-order chi connectivity index (χ1) is 8.58. The number of imidazole rings is 1. The number of benzene rings is 1. The van der Waals surface area contributed by atoms with Crippen molar-refractivity contribution in [2.75, 3.05) is 11.5 Å². The Balaban J connectivity index is 2.08. The number of nitrogens with zero attached hydrogens (tertiary/aromatic N) is 2. The van der Waals surface area contributed by atoms with Gasteiger partial charge in [0.15, 0.2) is 0 Å². The number of hydrogen-bond acceptors (Lipinski definition) is 3. The molecule has 1 aromatic carbocycles. The number of anilines is 1. The van der Waals surface area contributed by atoms with Crippen molar-refractivity contribution in [2.45, 2.75) is 18.2 Å². The number of aromatic nitrogens is 2. The van der Waals surface area contributed by atoms with Crippen LogP contribution < -0.4 is 5.73 Å². The van der Waals surface area contributed by atoms with Gasteiger partial charge in [-0.1, -0.05) is 6.07 Å². The van der Waals surface area contributed by atoms with Gasteiger partial charge in [-0.3, -0.25) is 4.21 Å². The zero-order valence-electron chi connectivity index (χ0n) is 10.6. The molecule has 0 bridgehead atoms. The first-order valence-corrected chi connectivity index (χ1v) is 7.10. The van der Waals surface area contributed by atoms with Crippen LogP contribution in [0.4, 0.5) is 5.69 Å². The highest BCUT2D eigenvalue weighted by atomic mass is 32.2. The molecule has 0 saturated heterocycles. The van der Waals surface area contributed by atoms with Crippen LogP contribution in [-0.4, -0.2) is 19.5 Å². The van der Waals surface area contributed by atoms with E-state index in [-0.39, 0.29) is 0 Å². The Morgan fingerprint density at radius 1 is 1.44 bits per heavy atom. The van der Waals surface area contributed by atoms with Crippen molar-refractivity contribution in [3.05, 3.63) is 42.0 Å². The Bertz CT molecular complexity index is 577. The number of hydrogen-bond donors (Lipinski definition) is 1. The minimum atomic E-state index is -1.03. The van der Waals surface area contributed by atoms with Gasteiger partial charge < -0.3 is 10.3 Å². The van der Waals surface area contributed by atoms with E-state index in [0.29, 0.717) is 17.9 Å². The van der Waals surface area contributed by atoms with E-state index >= 15 is 0 Å². The second-order valence-electron chi connectivity index (χ2n) is 4.28. The van der Waals surface area contributed by atoms with Gasteiger partial charge in [-0.05, 0) is 24.6 Å². The molecule has 0 radical (unpaired) electrons. The molecule has 1 unspecified atom stereocenters. The molecule has 1 atom stereocenters. The second-order valence-corrected chi connectivity index (χ2v) is 5.82. The normalized spacial score (nSPS) is 12.6. The third-order valence-corrected chi connectivity index (χ3v) is 4.39. The van der Waals surface area contributed by atoms with E-state index in [2.05, 4.69) is 4.98 Å². The maximum atomic E-state index is 12.2. The fourth-order valence-corrected chi connectivity index (χ4v) is 3.08. The van der Waals surface area contributed by atoms with Gasteiger partial charge in [-0.2, -0.15) is 0 Å². The molecule has 96 valence electrons. The van der Waals surface area contributed by atoms with Crippen LogP contribution in [0.15, 0.2) is 35.5 Å². The highest BCUT2D eigenvalue weighted by Gasteiger charge is 2.09. The number of nitrogens with two attached hydrogens (primary N) is 1. The van der Waals surface area contributed by atoms with Gasteiger partial charge >= 0.3 is 0 Å². The molecule has 1 heterocycles. The van der Waals surface area contributed by atoms with Crippen LogP contribution in [0.2, 0.25) is 0 Å². The summed E-state index contributed by atoms with van der Waals surface area (Å²) in [7, 11) is 0.910. The lowest BCUT2D eigenvalue weighted by Crippen LogP contribution is -2.07. The SMILES string of the molecule is Cc1ccc(N)cc1S(=O)CCc1nccn1C. The van der Waals surface area contributed by atoms with Crippen molar-refractivity contribution in [3.8, 4) is 0 Å². The molecule has 1 aromatic heterocycles. The quantitative estimate of drug-likeness (QED) is 0.853. The van der Waals surface area contributed by atoms with Gasteiger partial charge in [0.1, 0.15) is 5.82 Å². The van der Waals surface area contributed by atoms with Gasteiger partial charge in [0.05, 0.1) is 10.8 Å². The van der Waals surface area contributed by atoms with Crippen molar-refractivity contribution in [2.24, 2.45) is 7.05 Å². The predicted octanol–water partition coefficient (Wildman–Crippen LogP) is 1.66. The van der Waals surface area contributed by atoms with Crippen molar-refractivity contribution in [1.29, 1.82) is 0 Å². The molecular weight excluding hydrogens is 246 g/mol. The van der Waals surface area contributed by atoms with Crippen molar-refractivity contribution < 1.29 is 4.21 Å². The summed E-state index contributed by atoms with van der Waals surface area (Å²) in [5.41, 5.74) is 7.40. The van der Waals surface area contributed by atoms with Crippen molar-refractivity contribution in [3.63, 3.8) is 0 Å². The van der Waals surface area contributed by atoms with Crippen molar-refractivity contribution in [1.82, 2.24) is 9.55 Å². The Morgan fingerprint density at radius 3 is 2.89 bits per heavy atom. The Kier molecular flexibility index (Phi) is 3.81. The smallest absolute Gasteiger partial charge is 0.109 e. The Hall–Kier alpha value is -1.62. The largest absolute Gasteiger partial charge is 0.399 e. The van der Waals surface area contributed by atoms with Crippen LogP contribution in [0.25, 0.3) is 0 Å². The first kappa shape index (κ1) is 12.8. The summed E-state index contributed by atoms with van der Waals surface area (Å²) in [6.07, 6.45) is 4.35. The molecule has 2 rings (SSSR count). The van der Waals surface area contributed by atoms with Crippen LogP contribution in [0.5, 0.6) is 0 Å². The molecule has 0 saturated carbocycles. The topological polar surface area (TPSA) is 60.9 Å². The minimum absolute atomic E-state index is 0.565. The average Bonchev–Trinajstić information content (AvgIpc) is 2.75. The summed E-state index contributed by atoms with van der Waals surface area (Å²) in [6.45, 7) is 1.95. The highest BCUT2D eigenvalue weighted by molar-refractivity contribution is 7.85. The van der Waals surface area contributed by atoms with E-state index in [4.69, 9.17) is 5.73 Å². The zero-order chi connectivity index (χ0) is 13.1. The summed E-state index contributed by atoms with van der Waals surface area (Å²) in [5.74, 6) is 1.51. The summed E-state index contributed by atoms with van der Waals surface area (Å²) < 4.78 is 14.2. The molecule has 0 aliphatic carbocycles. The highest BCUT2D eigenvalue weighted by Crippen LogP contribution is 2.17. The van der Waals surface area contributed by atoms with E-state index in [9.17, 15) is 4.21 Å². The molecule has 0 aliphatic heterocycles. The van der Waals surface area contributed by atoms with Crippen LogP contribution in [0.3, 0.4) is 0 Å². The van der Waals surface area contributed by atoms with Crippen LogP contribution in [0.1, 0.15) is 11.4 Å². The van der Waals surface area contributed by atoms with Crippen molar-refractivity contribution >= 4 is 16.5 Å². The zero-order valence-corrected chi connectivity index (χ0v) is 11.4. The van der Waals surface area contributed by atoms with Gasteiger partial charge in [0.2, 0.25) is 0 Å². The third-order valence-electron chi connectivity index (χ3n) is 2.89. The lowest BCUT2D eigenvalue weighted by molar-refractivity contribution is 0.680. The van der Waals surface area contributed by atoms with E-state index in [1.54, 1.807) is 12.3 Å². The van der Waals surface area contributed by atoms with Gasteiger partial charge in [-0.25, -0.2) is 4.98 Å². The predicted molar refractivity (Wildman–Crippen MR) is 73.8 cm³/mol. The van der Waals surface area contributed by atoms with Crippen LogP contribution in [0, 0.1) is 6.92 Å². The molecular formula is C13H17N3OS. The van der Waals surface area contributed by atoms with Crippen LogP contribution in [-0.2, 0) is 24.3 Å². The fraction of sp³-hybridized carbons (Fsp3) is 0.308. The van der Waals surface area contributed by atoms with E-state index in [1.165, 1.54) is 0 Å². The van der Waals surface area contributed by atoms with Gasteiger partial charge in [-0.15, -0.1) is 0 Å². The van der Waals surface area contributed by atoms with E-state index < -0.39 is 10.8 Å². The maximum absolute atomic E-state index is 12.2. The summed E-state index contributed by atoms with van der Waals surface area (Å²) in [6, 6.07) is 5.53. The van der Waals surface area contributed by atoms with Gasteiger partial charge in [0.25, 0.3) is 0 Å². The Morgan fingerprint density at radius 2 is 2.22 bits per heavy atom. The van der Waals surface area contributed by atoms with E-state index in [1.807, 2.05) is 36.9 Å². The average molecular weight is 263 g/mol. The molecule has 5 heteroatoms.